The van der Waals surface area contributed by atoms with E-state index in [0.717, 1.165) is 45.2 Å². The highest BCUT2D eigenvalue weighted by Gasteiger charge is 2.29. The first-order valence-corrected chi connectivity index (χ1v) is 10.9. The predicted molar refractivity (Wildman–Crippen MR) is 110 cm³/mol. The molecule has 1 aliphatic carbocycles. The molecule has 0 saturated heterocycles. The zero-order valence-corrected chi connectivity index (χ0v) is 16.7. The van der Waals surface area contributed by atoms with Gasteiger partial charge in [0, 0.05) is 34.3 Å². The van der Waals surface area contributed by atoms with Gasteiger partial charge >= 0.3 is 0 Å². The Hall–Kier alpha value is -0.850. The smallest absolute Gasteiger partial charge is 0.131 e. The lowest BCUT2D eigenvalue weighted by Gasteiger charge is -2.27. The van der Waals surface area contributed by atoms with Gasteiger partial charge in [-0.15, -0.1) is 22.7 Å². The molecule has 2 atom stereocenters. The van der Waals surface area contributed by atoms with E-state index in [9.17, 15) is 0 Å². The van der Waals surface area contributed by atoms with E-state index in [1.165, 1.54) is 17.7 Å². The van der Waals surface area contributed by atoms with Gasteiger partial charge in [-0.05, 0) is 24.3 Å². The van der Waals surface area contributed by atoms with E-state index in [1.807, 2.05) is 6.07 Å². The number of hydrogen-bond acceptors (Lipinski definition) is 5. The molecule has 3 heterocycles. The fourth-order valence-electron chi connectivity index (χ4n) is 3.48. The van der Waals surface area contributed by atoms with E-state index in [2.05, 4.69) is 27.8 Å². The van der Waals surface area contributed by atoms with Crippen LogP contribution >= 0.6 is 45.9 Å². The fraction of sp³-hybridized carbons (Fsp3) is 0.389. The summed E-state index contributed by atoms with van der Waals surface area (Å²) in [5, 5.41) is 6.76. The van der Waals surface area contributed by atoms with Gasteiger partial charge in [0.2, 0.25) is 0 Å². The quantitative estimate of drug-likeness (QED) is 0.497. The molecule has 4 rings (SSSR count). The number of aromatic nitrogens is 1. The maximum atomic E-state index is 6.71. The minimum absolute atomic E-state index is 0.178. The van der Waals surface area contributed by atoms with Crippen LogP contribution in [0.1, 0.15) is 41.4 Å². The summed E-state index contributed by atoms with van der Waals surface area (Å²) < 4.78 is 1.07. The van der Waals surface area contributed by atoms with Gasteiger partial charge in [-0.25, -0.2) is 4.98 Å². The van der Waals surface area contributed by atoms with Crippen LogP contribution in [0.5, 0.6) is 0 Å². The topological polar surface area (TPSA) is 50.9 Å². The molecule has 0 aromatic carbocycles. The largest absolute Gasteiger partial charge is 0.379 e. The highest BCUT2D eigenvalue weighted by atomic mass is 35.5. The van der Waals surface area contributed by atoms with E-state index in [-0.39, 0.29) is 6.04 Å². The maximum Gasteiger partial charge on any atom is 0.131 e. The number of nitrogens with one attached hydrogen (secondary N) is 1. The summed E-state index contributed by atoms with van der Waals surface area (Å²) in [6.45, 7) is 0.765. The molecule has 132 valence electrons. The van der Waals surface area contributed by atoms with Crippen LogP contribution in [0.15, 0.2) is 23.6 Å². The fourth-order valence-corrected chi connectivity index (χ4v) is 6.10. The second-order valence-electron chi connectivity index (χ2n) is 6.44. The SMILES string of the molecule is N[C@H]1CCCC[C@@H]1c1sc2c(NCc3cccs3)cc(Cl)nc2c1Cl. The monoisotopic (exact) mass is 411 g/mol. The van der Waals surface area contributed by atoms with Crippen molar-refractivity contribution in [1.82, 2.24) is 4.98 Å². The highest BCUT2D eigenvalue weighted by Crippen LogP contribution is 2.46. The molecule has 0 radical (unpaired) electrons. The molecule has 25 heavy (non-hydrogen) atoms. The number of nitrogens with zero attached hydrogens (tertiary/aromatic N) is 1. The molecule has 3 aromatic heterocycles. The second-order valence-corrected chi connectivity index (χ2v) is 9.29. The molecule has 1 aliphatic rings. The molecule has 0 spiro atoms. The Bertz CT molecular complexity index is 876. The minimum Gasteiger partial charge on any atom is -0.379 e. The van der Waals surface area contributed by atoms with Gasteiger partial charge in [0.25, 0.3) is 0 Å². The third kappa shape index (κ3) is 3.53. The zero-order valence-electron chi connectivity index (χ0n) is 13.6. The van der Waals surface area contributed by atoms with Crippen molar-refractivity contribution in [1.29, 1.82) is 0 Å². The van der Waals surface area contributed by atoms with Gasteiger partial charge in [0.05, 0.1) is 15.4 Å². The summed E-state index contributed by atoms with van der Waals surface area (Å²) in [7, 11) is 0. The predicted octanol–water partition coefficient (Wildman–Crippen LogP) is 6.26. The van der Waals surface area contributed by atoms with Crippen LogP contribution in [0.25, 0.3) is 10.2 Å². The molecule has 1 saturated carbocycles. The minimum atomic E-state index is 0.178. The molecule has 1 fully saturated rings. The summed E-state index contributed by atoms with van der Waals surface area (Å²) in [5.41, 5.74) is 8.16. The van der Waals surface area contributed by atoms with Gasteiger partial charge in [-0.2, -0.15) is 0 Å². The van der Waals surface area contributed by atoms with Gasteiger partial charge in [-0.1, -0.05) is 42.1 Å². The molecule has 3 nitrogen and oxygen atoms in total. The van der Waals surface area contributed by atoms with Crippen molar-refractivity contribution in [3.05, 3.63) is 43.5 Å². The van der Waals surface area contributed by atoms with Crippen molar-refractivity contribution in [2.45, 2.75) is 44.2 Å². The first-order valence-electron chi connectivity index (χ1n) is 8.43. The number of hydrogen-bond donors (Lipinski definition) is 2. The van der Waals surface area contributed by atoms with Crippen molar-refractivity contribution < 1.29 is 0 Å². The van der Waals surface area contributed by atoms with E-state index < -0.39 is 0 Å². The number of fused-ring (bicyclic) bond motifs is 1. The summed E-state index contributed by atoms with van der Waals surface area (Å²) in [6.07, 6.45) is 4.57. The maximum absolute atomic E-state index is 6.71. The summed E-state index contributed by atoms with van der Waals surface area (Å²) in [6, 6.07) is 6.24. The molecule has 7 heteroatoms. The average molecular weight is 412 g/mol. The number of rotatable bonds is 4. The Morgan fingerprint density at radius 3 is 2.88 bits per heavy atom. The second kappa shape index (κ2) is 7.41. The molecular weight excluding hydrogens is 393 g/mol. The van der Waals surface area contributed by atoms with Crippen LogP contribution < -0.4 is 11.1 Å². The highest BCUT2D eigenvalue weighted by molar-refractivity contribution is 7.20. The van der Waals surface area contributed by atoms with Crippen molar-refractivity contribution in [3.8, 4) is 0 Å². The van der Waals surface area contributed by atoms with Crippen LogP contribution in [-0.4, -0.2) is 11.0 Å². The van der Waals surface area contributed by atoms with Crippen LogP contribution in [0.3, 0.4) is 0 Å². The van der Waals surface area contributed by atoms with Gasteiger partial charge in [0.1, 0.15) is 10.7 Å². The third-order valence-corrected chi connectivity index (χ3v) is 7.68. The standard InChI is InChI=1S/C18H19Cl2N3S2/c19-14-8-13(22-9-10-4-3-7-24-10)18-16(23-14)15(20)17(25-18)11-5-1-2-6-12(11)21/h3-4,7-8,11-12H,1-2,5-6,9,21H2,(H,22,23)/t11-,12-/m0/s1. The number of nitrogens with two attached hydrogens (primary N) is 1. The Balaban J connectivity index is 1.72. The summed E-state index contributed by atoms with van der Waals surface area (Å²) >= 11 is 16.4. The third-order valence-electron chi connectivity index (χ3n) is 4.77. The van der Waals surface area contributed by atoms with Gasteiger partial charge in [-0.3, -0.25) is 0 Å². The molecule has 0 bridgehead atoms. The van der Waals surface area contributed by atoms with Crippen molar-refractivity contribution >= 4 is 61.8 Å². The Kier molecular flexibility index (Phi) is 5.20. The normalized spacial score (nSPS) is 20.9. The van der Waals surface area contributed by atoms with Crippen LogP contribution in [-0.2, 0) is 6.54 Å². The molecule has 3 aromatic rings. The lowest BCUT2D eigenvalue weighted by molar-refractivity contribution is 0.389. The zero-order chi connectivity index (χ0) is 17.4. The van der Waals surface area contributed by atoms with Gasteiger partial charge < -0.3 is 11.1 Å². The van der Waals surface area contributed by atoms with Crippen LogP contribution in [0, 0.1) is 0 Å². The average Bonchev–Trinajstić information content (AvgIpc) is 3.22. The number of anilines is 1. The Morgan fingerprint density at radius 2 is 2.12 bits per heavy atom. The molecule has 3 N–H and O–H groups in total. The number of thiophene rings is 2. The van der Waals surface area contributed by atoms with Gasteiger partial charge in [0.15, 0.2) is 0 Å². The van der Waals surface area contributed by atoms with Crippen LogP contribution in [0.4, 0.5) is 5.69 Å². The molecule has 0 aliphatic heterocycles. The van der Waals surface area contributed by atoms with Crippen molar-refractivity contribution in [3.63, 3.8) is 0 Å². The van der Waals surface area contributed by atoms with Crippen molar-refractivity contribution in [2.75, 3.05) is 5.32 Å². The first-order chi connectivity index (χ1) is 12.1. The van der Waals surface area contributed by atoms with E-state index in [1.54, 1.807) is 22.7 Å². The lowest BCUT2D eigenvalue weighted by Crippen LogP contribution is -2.30. The summed E-state index contributed by atoms with van der Waals surface area (Å²) in [5.74, 6) is 0.323. The first kappa shape index (κ1) is 17.6. The Labute approximate surface area is 165 Å². The number of halogens is 2. The van der Waals surface area contributed by atoms with E-state index in [4.69, 9.17) is 28.9 Å². The van der Waals surface area contributed by atoms with E-state index >= 15 is 0 Å². The van der Waals surface area contributed by atoms with Crippen LogP contribution in [0.2, 0.25) is 10.2 Å². The molecular formula is C18H19Cl2N3S2. The summed E-state index contributed by atoms with van der Waals surface area (Å²) in [4.78, 5) is 6.93. The Morgan fingerprint density at radius 1 is 1.28 bits per heavy atom. The van der Waals surface area contributed by atoms with E-state index in [0.29, 0.717) is 11.1 Å². The molecule has 0 unspecified atom stereocenters. The molecule has 0 amide bonds. The van der Waals surface area contributed by atoms with Crippen molar-refractivity contribution in [2.24, 2.45) is 5.73 Å². The lowest BCUT2D eigenvalue weighted by atomic mass is 9.84. The number of pyridine rings is 1.